The van der Waals surface area contributed by atoms with Crippen molar-refractivity contribution in [3.8, 4) is 0 Å². The Morgan fingerprint density at radius 3 is 1.47 bits per heavy atom. The predicted octanol–water partition coefficient (Wildman–Crippen LogP) is 12.0. The maximum atomic E-state index is 12.6. The second-order valence-corrected chi connectivity index (χ2v) is 17.2. The van der Waals surface area contributed by atoms with Crippen LogP contribution in [0.25, 0.3) is 0 Å². The van der Waals surface area contributed by atoms with Crippen LogP contribution in [-0.2, 0) is 32.7 Å². The van der Waals surface area contributed by atoms with Crippen molar-refractivity contribution >= 4 is 19.8 Å². The number of nitrogens with zero attached hydrogens (tertiary/aromatic N) is 1. The summed E-state index contributed by atoms with van der Waals surface area (Å²) in [4.78, 5) is 35.3. The quantitative estimate of drug-likeness (QED) is 0.0216. The van der Waals surface area contributed by atoms with Crippen molar-refractivity contribution < 1.29 is 42.1 Å². The van der Waals surface area contributed by atoms with Crippen LogP contribution in [0, 0.1) is 0 Å². The van der Waals surface area contributed by atoms with E-state index in [0.29, 0.717) is 17.4 Å². The van der Waals surface area contributed by atoms with Gasteiger partial charge in [0.1, 0.15) is 19.8 Å². The molecule has 0 aliphatic rings. The molecule has 0 aromatic rings. The van der Waals surface area contributed by atoms with Gasteiger partial charge >= 0.3 is 19.8 Å². The lowest BCUT2D eigenvalue weighted by Crippen LogP contribution is -2.37. The van der Waals surface area contributed by atoms with Crippen LogP contribution in [0.5, 0.6) is 0 Å². The van der Waals surface area contributed by atoms with E-state index in [1.807, 2.05) is 27.2 Å². The van der Waals surface area contributed by atoms with Crippen LogP contribution < -0.4 is 0 Å². The Morgan fingerprint density at radius 2 is 1.00 bits per heavy atom. The number of ether oxygens (including phenoxy) is 2. The summed E-state index contributed by atoms with van der Waals surface area (Å²) in [6.07, 6.45) is 38.1. The van der Waals surface area contributed by atoms with Gasteiger partial charge in [0.2, 0.25) is 0 Å². The van der Waals surface area contributed by atoms with Gasteiger partial charge in [-0.2, -0.15) is 0 Å². The molecule has 1 unspecified atom stereocenters. The first-order valence-corrected chi connectivity index (χ1v) is 23.1. The summed E-state index contributed by atoms with van der Waals surface area (Å²) in [6.45, 7) is 4.37. The van der Waals surface area contributed by atoms with E-state index in [1.54, 1.807) is 0 Å². The number of allylic oxidation sites excluding steroid dienone is 4. The van der Waals surface area contributed by atoms with Crippen molar-refractivity contribution in [2.45, 2.75) is 193 Å². The Labute approximate surface area is 326 Å². The van der Waals surface area contributed by atoms with Crippen molar-refractivity contribution in [1.82, 2.24) is 0 Å². The molecular weight excluding hydrogens is 689 g/mol. The molecule has 0 radical (unpaired) electrons. The van der Waals surface area contributed by atoms with Gasteiger partial charge in [-0.25, -0.2) is 4.57 Å². The van der Waals surface area contributed by atoms with Crippen LogP contribution in [0.3, 0.4) is 0 Å². The smallest absolute Gasteiger partial charge is 0.462 e. The van der Waals surface area contributed by atoms with Gasteiger partial charge in [-0.1, -0.05) is 147 Å². The van der Waals surface area contributed by atoms with Crippen LogP contribution in [-0.4, -0.2) is 74.9 Å². The van der Waals surface area contributed by atoms with Crippen molar-refractivity contribution in [3.05, 3.63) is 24.3 Å². The molecule has 53 heavy (non-hydrogen) atoms. The number of carbonyl (C=O) groups excluding carboxylic acids is 2. The number of esters is 2. The Kier molecular flexibility index (Phi) is 35.1. The van der Waals surface area contributed by atoms with E-state index in [0.717, 1.165) is 51.4 Å². The van der Waals surface area contributed by atoms with Crippen molar-refractivity contribution in [2.75, 3.05) is 47.5 Å². The standard InChI is InChI=1S/C43H82NO8P/c1-6-8-10-12-14-16-18-20-22-24-26-28-30-32-34-36-43(46)52-41(40-51-53(47,48)50-38-37-44(3,4)5)39-49-42(45)35-33-31-29-27-25-23-21-19-17-15-13-11-9-7-2/h19,21,30,32,41H,6-18,20,22-29,31,33-40H2,1-5H3/p+1/b21-19+,32-30+/t41-/m1/s1. The molecule has 10 heteroatoms. The summed E-state index contributed by atoms with van der Waals surface area (Å²) in [6, 6.07) is 0. The molecule has 0 saturated heterocycles. The lowest BCUT2D eigenvalue weighted by molar-refractivity contribution is -0.870. The molecule has 0 aromatic carbocycles. The lowest BCUT2D eigenvalue weighted by Gasteiger charge is -2.24. The normalized spacial score (nSPS) is 13.8. The fourth-order valence-corrected chi connectivity index (χ4v) is 6.53. The maximum Gasteiger partial charge on any atom is 0.472 e. The van der Waals surface area contributed by atoms with Gasteiger partial charge in [0.15, 0.2) is 6.10 Å². The Hall–Kier alpha value is -1.51. The van der Waals surface area contributed by atoms with E-state index >= 15 is 0 Å². The molecule has 312 valence electrons. The van der Waals surface area contributed by atoms with Crippen molar-refractivity contribution in [3.63, 3.8) is 0 Å². The topological polar surface area (TPSA) is 108 Å². The van der Waals surface area contributed by atoms with E-state index in [4.69, 9.17) is 18.5 Å². The van der Waals surface area contributed by atoms with Gasteiger partial charge in [-0.3, -0.25) is 18.6 Å². The number of unbranched alkanes of at least 4 members (excludes halogenated alkanes) is 21. The first-order chi connectivity index (χ1) is 25.5. The zero-order chi connectivity index (χ0) is 39.3. The van der Waals surface area contributed by atoms with Crippen LogP contribution in [0.4, 0.5) is 0 Å². The number of hydrogen-bond acceptors (Lipinski definition) is 7. The van der Waals surface area contributed by atoms with Crippen molar-refractivity contribution in [2.24, 2.45) is 0 Å². The molecule has 0 spiro atoms. The number of likely N-dealkylation sites (N-methyl/N-ethyl adjacent to an activating group) is 1. The number of phosphoric ester groups is 1. The summed E-state index contributed by atoms with van der Waals surface area (Å²) in [7, 11) is 1.46. The van der Waals surface area contributed by atoms with Gasteiger partial charge in [0, 0.05) is 12.8 Å². The molecule has 9 nitrogen and oxygen atoms in total. The number of quaternary nitrogens is 1. The maximum absolute atomic E-state index is 12.6. The van der Waals surface area contributed by atoms with Crippen LogP contribution in [0.2, 0.25) is 0 Å². The summed E-state index contributed by atoms with van der Waals surface area (Å²) >= 11 is 0. The average molecular weight is 773 g/mol. The van der Waals surface area contributed by atoms with Gasteiger partial charge in [-0.15, -0.1) is 0 Å². The summed E-state index contributed by atoms with van der Waals surface area (Å²) in [5, 5.41) is 0. The number of carbonyl (C=O) groups is 2. The van der Waals surface area contributed by atoms with E-state index in [9.17, 15) is 19.0 Å². The van der Waals surface area contributed by atoms with Gasteiger partial charge < -0.3 is 18.9 Å². The van der Waals surface area contributed by atoms with Gasteiger partial charge in [-0.05, 0) is 51.4 Å². The molecule has 0 saturated carbocycles. The van der Waals surface area contributed by atoms with Crippen LogP contribution in [0.1, 0.15) is 187 Å². The van der Waals surface area contributed by atoms with Crippen molar-refractivity contribution in [1.29, 1.82) is 0 Å². The molecule has 0 heterocycles. The number of rotatable bonds is 39. The molecule has 0 aliphatic carbocycles. The van der Waals surface area contributed by atoms with Gasteiger partial charge in [0.25, 0.3) is 0 Å². The highest BCUT2D eigenvalue weighted by Crippen LogP contribution is 2.43. The molecule has 2 atom stereocenters. The Bertz CT molecular complexity index is 964. The monoisotopic (exact) mass is 773 g/mol. The molecular formula is C43H83NO8P+. The van der Waals surface area contributed by atoms with E-state index in [1.165, 1.54) is 103 Å². The molecule has 0 aromatic heterocycles. The van der Waals surface area contributed by atoms with E-state index in [2.05, 4.69) is 32.1 Å². The second kappa shape index (κ2) is 36.1. The van der Waals surface area contributed by atoms with Crippen LogP contribution >= 0.6 is 7.82 Å². The highest BCUT2D eigenvalue weighted by molar-refractivity contribution is 7.47. The third kappa shape index (κ3) is 40.0. The first-order valence-electron chi connectivity index (χ1n) is 21.6. The predicted molar refractivity (Wildman–Crippen MR) is 220 cm³/mol. The fraction of sp³-hybridized carbons (Fsp3) is 0.860. The molecule has 0 fully saturated rings. The SMILES string of the molecule is CCCCCCC/C=C/CCCCCCCC(=O)OC[C@H](COP(=O)(O)OCC[N+](C)(C)C)OC(=O)CC/C=C/CCCCCCCCCCCCC. The molecule has 1 N–H and O–H groups in total. The van der Waals surface area contributed by atoms with Gasteiger partial charge in [0.05, 0.1) is 27.7 Å². The van der Waals surface area contributed by atoms with E-state index in [-0.39, 0.29) is 32.0 Å². The minimum atomic E-state index is -4.38. The number of hydrogen-bond donors (Lipinski definition) is 1. The second-order valence-electron chi connectivity index (χ2n) is 15.7. The molecule has 0 rings (SSSR count). The summed E-state index contributed by atoms with van der Waals surface area (Å²) in [5.41, 5.74) is 0. The molecule has 0 amide bonds. The highest BCUT2D eigenvalue weighted by atomic mass is 31.2. The van der Waals surface area contributed by atoms with Crippen LogP contribution in [0.15, 0.2) is 24.3 Å². The number of phosphoric acid groups is 1. The lowest BCUT2D eigenvalue weighted by atomic mass is 10.1. The third-order valence-corrected chi connectivity index (χ3v) is 10.2. The highest BCUT2D eigenvalue weighted by Gasteiger charge is 2.27. The fourth-order valence-electron chi connectivity index (χ4n) is 5.79. The summed E-state index contributed by atoms with van der Waals surface area (Å²) < 4.78 is 34.2. The molecule has 0 aliphatic heterocycles. The largest absolute Gasteiger partial charge is 0.472 e. The Morgan fingerprint density at radius 1 is 0.566 bits per heavy atom. The Balaban J connectivity index is 4.42. The average Bonchev–Trinajstić information content (AvgIpc) is 3.10. The van der Waals surface area contributed by atoms with E-state index < -0.39 is 26.5 Å². The first kappa shape index (κ1) is 51.5. The molecule has 0 bridgehead atoms. The minimum absolute atomic E-state index is 0.0259. The third-order valence-electron chi connectivity index (χ3n) is 9.22. The zero-order valence-electron chi connectivity index (χ0n) is 35.0. The zero-order valence-corrected chi connectivity index (χ0v) is 35.9. The minimum Gasteiger partial charge on any atom is -0.462 e. The summed E-state index contributed by atoms with van der Waals surface area (Å²) in [5.74, 6) is -0.862.